The first-order valence-corrected chi connectivity index (χ1v) is 7.57. The molecule has 6 nitrogen and oxygen atoms in total. The molecule has 112 valence electrons. The Morgan fingerprint density at radius 3 is 2.90 bits per heavy atom. The maximum absolute atomic E-state index is 12.1. The van der Waals surface area contributed by atoms with Crippen LogP contribution in [0.15, 0.2) is 29.9 Å². The van der Waals surface area contributed by atoms with Crippen molar-refractivity contribution in [1.29, 1.82) is 0 Å². The van der Waals surface area contributed by atoms with Gasteiger partial charge in [-0.15, -0.1) is 11.3 Å². The second-order valence-corrected chi connectivity index (χ2v) is 5.59. The third kappa shape index (κ3) is 3.91. The van der Waals surface area contributed by atoms with E-state index in [9.17, 15) is 9.59 Å². The molecule has 0 aliphatic heterocycles. The highest BCUT2D eigenvalue weighted by Gasteiger charge is 2.19. The summed E-state index contributed by atoms with van der Waals surface area (Å²) in [5, 5.41) is 4.72. The molecule has 2 rings (SSSR count). The molecule has 0 aliphatic carbocycles. The number of likely N-dealkylation sites (N-methyl/N-ethyl adjacent to an activating group) is 1. The van der Waals surface area contributed by atoms with E-state index in [4.69, 9.17) is 0 Å². The monoisotopic (exact) mass is 306 g/mol. The van der Waals surface area contributed by atoms with Crippen LogP contribution in [0.3, 0.4) is 0 Å². The Morgan fingerprint density at radius 1 is 1.52 bits per heavy atom. The van der Waals surface area contributed by atoms with Gasteiger partial charge in [-0.3, -0.25) is 9.59 Å². The minimum atomic E-state index is -0.203. The normalized spacial score (nSPS) is 11.9. The van der Waals surface area contributed by atoms with E-state index < -0.39 is 0 Å². The molecule has 0 bridgehead atoms. The molecule has 2 N–H and O–H groups in total. The SMILES string of the molecule is CCC(NC(=O)CN(C)C(=O)c1cccs1)c1ncc[nH]1. The third-order valence-corrected chi connectivity index (χ3v) is 3.91. The van der Waals surface area contributed by atoms with E-state index in [0.29, 0.717) is 4.88 Å². The number of aromatic nitrogens is 2. The van der Waals surface area contributed by atoms with Crippen molar-refractivity contribution >= 4 is 23.2 Å². The van der Waals surface area contributed by atoms with Gasteiger partial charge in [0.25, 0.3) is 5.91 Å². The standard InChI is InChI=1S/C14H18N4O2S/c1-3-10(13-15-6-7-16-13)17-12(19)9-18(2)14(20)11-5-4-8-21-11/h4-8,10H,3,9H2,1-2H3,(H,15,16)(H,17,19). The highest BCUT2D eigenvalue weighted by molar-refractivity contribution is 7.12. The molecule has 2 aromatic heterocycles. The maximum atomic E-state index is 12.1. The van der Waals surface area contributed by atoms with Gasteiger partial charge in [-0.05, 0) is 17.9 Å². The number of nitrogens with zero attached hydrogens (tertiary/aromatic N) is 2. The molecule has 7 heteroatoms. The first kappa shape index (κ1) is 15.2. The van der Waals surface area contributed by atoms with Crippen molar-refractivity contribution in [3.8, 4) is 0 Å². The van der Waals surface area contributed by atoms with Crippen LogP contribution in [0.1, 0.15) is 34.9 Å². The van der Waals surface area contributed by atoms with E-state index in [-0.39, 0.29) is 24.4 Å². The minimum absolute atomic E-state index is 0.0218. The lowest BCUT2D eigenvalue weighted by molar-refractivity contribution is -0.122. The summed E-state index contributed by atoms with van der Waals surface area (Å²) in [6.07, 6.45) is 4.09. The Hall–Kier alpha value is -2.15. The number of hydrogen-bond donors (Lipinski definition) is 2. The summed E-state index contributed by atoms with van der Waals surface area (Å²) in [4.78, 5) is 33.3. The molecule has 2 heterocycles. The molecular formula is C14H18N4O2S. The average molecular weight is 306 g/mol. The number of carbonyl (C=O) groups is 2. The zero-order valence-electron chi connectivity index (χ0n) is 12.0. The number of carbonyl (C=O) groups excluding carboxylic acids is 2. The molecule has 0 aromatic carbocycles. The second kappa shape index (κ2) is 7.03. The number of aromatic amines is 1. The van der Waals surface area contributed by atoms with Crippen molar-refractivity contribution in [2.75, 3.05) is 13.6 Å². The van der Waals surface area contributed by atoms with E-state index in [1.807, 2.05) is 18.4 Å². The van der Waals surface area contributed by atoms with Crippen molar-refractivity contribution in [3.63, 3.8) is 0 Å². The van der Waals surface area contributed by atoms with Crippen LogP contribution >= 0.6 is 11.3 Å². The fraction of sp³-hybridized carbons (Fsp3) is 0.357. The summed E-state index contributed by atoms with van der Waals surface area (Å²) < 4.78 is 0. The molecule has 0 spiro atoms. The smallest absolute Gasteiger partial charge is 0.264 e. The predicted molar refractivity (Wildman–Crippen MR) is 81.0 cm³/mol. The number of amides is 2. The van der Waals surface area contributed by atoms with E-state index >= 15 is 0 Å². The van der Waals surface area contributed by atoms with E-state index in [1.54, 1.807) is 25.5 Å². The fourth-order valence-electron chi connectivity index (χ4n) is 1.95. The highest BCUT2D eigenvalue weighted by Crippen LogP contribution is 2.12. The van der Waals surface area contributed by atoms with E-state index in [0.717, 1.165) is 12.2 Å². The first-order chi connectivity index (χ1) is 10.1. The van der Waals surface area contributed by atoms with Gasteiger partial charge in [0, 0.05) is 19.4 Å². The first-order valence-electron chi connectivity index (χ1n) is 6.69. The number of rotatable bonds is 6. The van der Waals surface area contributed by atoms with Crippen LogP contribution in [0.2, 0.25) is 0 Å². The van der Waals surface area contributed by atoms with Crippen LogP contribution in [0.25, 0.3) is 0 Å². The lowest BCUT2D eigenvalue weighted by Gasteiger charge is -2.19. The fourth-order valence-corrected chi connectivity index (χ4v) is 2.66. The molecule has 0 radical (unpaired) electrons. The summed E-state index contributed by atoms with van der Waals surface area (Å²) >= 11 is 1.36. The molecule has 0 saturated heterocycles. The maximum Gasteiger partial charge on any atom is 0.264 e. The highest BCUT2D eigenvalue weighted by atomic mass is 32.1. The summed E-state index contributed by atoms with van der Waals surface area (Å²) in [7, 11) is 1.62. The van der Waals surface area contributed by atoms with Gasteiger partial charge in [-0.25, -0.2) is 4.98 Å². The molecule has 2 aromatic rings. The lowest BCUT2D eigenvalue weighted by atomic mass is 10.2. The van der Waals surface area contributed by atoms with Crippen molar-refractivity contribution in [1.82, 2.24) is 20.2 Å². The molecular weight excluding hydrogens is 288 g/mol. The number of H-pyrrole nitrogens is 1. The third-order valence-electron chi connectivity index (χ3n) is 3.05. The van der Waals surface area contributed by atoms with Crippen LogP contribution in [0, 0.1) is 0 Å². The van der Waals surface area contributed by atoms with Gasteiger partial charge in [0.15, 0.2) is 0 Å². The molecule has 21 heavy (non-hydrogen) atoms. The Bertz CT molecular complexity index is 580. The van der Waals surface area contributed by atoms with Crippen LogP contribution in [-0.4, -0.2) is 40.3 Å². The number of nitrogens with one attached hydrogen (secondary N) is 2. The van der Waals surface area contributed by atoms with Crippen LogP contribution in [0.4, 0.5) is 0 Å². The van der Waals surface area contributed by atoms with E-state index in [1.165, 1.54) is 16.2 Å². The molecule has 0 aliphatic rings. The van der Waals surface area contributed by atoms with Crippen molar-refractivity contribution < 1.29 is 9.59 Å². The zero-order valence-corrected chi connectivity index (χ0v) is 12.8. The molecule has 1 unspecified atom stereocenters. The Labute approximate surface area is 127 Å². The van der Waals surface area contributed by atoms with Crippen molar-refractivity contribution in [2.45, 2.75) is 19.4 Å². The Kier molecular flexibility index (Phi) is 5.10. The number of thiophene rings is 1. The summed E-state index contributed by atoms with van der Waals surface area (Å²) in [6.45, 7) is 1.99. The van der Waals surface area contributed by atoms with Gasteiger partial charge in [-0.1, -0.05) is 13.0 Å². The van der Waals surface area contributed by atoms with Crippen molar-refractivity contribution in [3.05, 3.63) is 40.6 Å². The Morgan fingerprint density at radius 2 is 2.33 bits per heavy atom. The van der Waals surface area contributed by atoms with Gasteiger partial charge < -0.3 is 15.2 Å². The topological polar surface area (TPSA) is 78.1 Å². The average Bonchev–Trinajstić information content (AvgIpc) is 3.16. The van der Waals surface area contributed by atoms with Gasteiger partial charge in [0.2, 0.25) is 5.91 Å². The molecule has 1 atom stereocenters. The summed E-state index contributed by atoms with van der Waals surface area (Å²) in [5.74, 6) is 0.370. The van der Waals surface area contributed by atoms with Crippen molar-refractivity contribution in [2.24, 2.45) is 0 Å². The number of hydrogen-bond acceptors (Lipinski definition) is 4. The quantitative estimate of drug-likeness (QED) is 0.854. The van der Waals surface area contributed by atoms with E-state index in [2.05, 4.69) is 15.3 Å². The second-order valence-electron chi connectivity index (χ2n) is 4.64. The van der Waals surface area contributed by atoms with Crippen LogP contribution in [-0.2, 0) is 4.79 Å². The molecule has 0 fully saturated rings. The molecule has 2 amide bonds. The minimum Gasteiger partial charge on any atom is -0.347 e. The van der Waals surface area contributed by atoms with Crippen LogP contribution < -0.4 is 5.32 Å². The van der Waals surface area contributed by atoms with Gasteiger partial charge in [0.05, 0.1) is 17.5 Å². The zero-order chi connectivity index (χ0) is 15.2. The van der Waals surface area contributed by atoms with Crippen LogP contribution in [0.5, 0.6) is 0 Å². The molecule has 0 saturated carbocycles. The summed E-state index contributed by atoms with van der Waals surface area (Å²) in [5.41, 5.74) is 0. The summed E-state index contributed by atoms with van der Waals surface area (Å²) in [6, 6.07) is 3.40. The van der Waals surface area contributed by atoms with Gasteiger partial charge in [-0.2, -0.15) is 0 Å². The Balaban J connectivity index is 1.90. The van der Waals surface area contributed by atoms with Gasteiger partial charge >= 0.3 is 0 Å². The number of imidazole rings is 1. The predicted octanol–water partition coefficient (Wildman–Crippen LogP) is 1.81. The lowest BCUT2D eigenvalue weighted by Crippen LogP contribution is -2.39. The largest absolute Gasteiger partial charge is 0.347 e. The van der Waals surface area contributed by atoms with Gasteiger partial charge in [0.1, 0.15) is 5.82 Å².